The van der Waals surface area contributed by atoms with E-state index in [0.29, 0.717) is 31.5 Å². The number of nitrogens with zero attached hydrogens (tertiary/aromatic N) is 2. The highest BCUT2D eigenvalue weighted by molar-refractivity contribution is 5.98. The van der Waals surface area contributed by atoms with E-state index in [4.69, 9.17) is 9.15 Å². The Morgan fingerprint density at radius 3 is 2.41 bits per heavy atom. The minimum Gasteiger partial charge on any atom is -0.480 e. The maximum atomic E-state index is 13.3. The second-order valence-corrected chi connectivity index (χ2v) is 7.37. The number of amides is 2. The van der Waals surface area contributed by atoms with E-state index in [9.17, 15) is 19.5 Å². The fourth-order valence-electron chi connectivity index (χ4n) is 4.11. The Kier molecular flexibility index (Phi) is 4.87. The van der Waals surface area contributed by atoms with Crippen LogP contribution in [0.5, 0.6) is 0 Å². The van der Waals surface area contributed by atoms with Crippen molar-refractivity contribution < 1.29 is 28.6 Å². The van der Waals surface area contributed by atoms with Crippen LogP contribution in [0, 0.1) is 6.92 Å². The fourth-order valence-corrected chi connectivity index (χ4v) is 4.11. The lowest BCUT2D eigenvalue weighted by molar-refractivity contribution is -0.143. The Morgan fingerprint density at radius 2 is 1.79 bits per heavy atom. The van der Waals surface area contributed by atoms with E-state index in [1.165, 1.54) is 11.2 Å². The minimum atomic E-state index is -1.10. The third-order valence-electron chi connectivity index (χ3n) is 5.70. The molecule has 2 saturated heterocycles. The van der Waals surface area contributed by atoms with Gasteiger partial charge in [-0.15, -0.1) is 0 Å². The van der Waals surface area contributed by atoms with E-state index in [2.05, 4.69) is 0 Å². The molecule has 1 aromatic heterocycles. The van der Waals surface area contributed by atoms with Gasteiger partial charge in [0.2, 0.25) is 0 Å². The summed E-state index contributed by atoms with van der Waals surface area (Å²) in [6, 6.07) is 9.29. The number of rotatable bonds is 3. The molecule has 0 aliphatic carbocycles. The first-order valence-corrected chi connectivity index (χ1v) is 9.52. The van der Waals surface area contributed by atoms with Crippen molar-refractivity contribution in [2.24, 2.45) is 0 Å². The topological polar surface area (TPSA) is 100 Å². The number of furan rings is 1. The Labute approximate surface area is 167 Å². The van der Waals surface area contributed by atoms with E-state index in [1.807, 2.05) is 19.1 Å². The van der Waals surface area contributed by atoms with Gasteiger partial charge in [0.1, 0.15) is 5.72 Å². The second kappa shape index (κ2) is 7.36. The van der Waals surface area contributed by atoms with E-state index in [0.717, 1.165) is 5.56 Å². The number of hydrogen-bond acceptors (Lipinski definition) is 5. The molecular formula is C21H22N2O6. The summed E-state index contributed by atoms with van der Waals surface area (Å²) in [5.41, 5.74) is 0.189. The summed E-state index contributed by atoms with van der Waals surface area (Å²) in [4.78, 5) is 40.7. The summed E-state index contributed by atoms with van der Waals surface area (Å²) in [5.74, 6) is -1.43. The number of likely N-dealkylation sites (tertiary alicyclic amines) is 1. The van der Waals surface area contributed by atoms with Gasteiger partial charge in [0, 0.05) is 31.5 Å². The lowest BCUT2D eigenvalue weighted by Crippen LogP contribution is -2.58. The molecule has 2 fully saturated rings. The molecule has 0 radical (unpaired) electrons. The summed E-state index contributed by atoms with van der Waals surface area (Å²) in [6.45, 7) is 2.42. The number of carbonyl (C=O) groups excluding carboxylic acids is 2. The van der Waals surface area contributed by atoms with Crippen molar-refractivity contribution in [3.63, 3.8) is 0 Å². The van der Waals surface area contributed by atoms with Gasteiger partial charge in [0.25, 0.3) is 11.8 Å². The standard InChI is InChI=1S/C21H22N2O6/c1-14-5-2-3-6-15(14)18(24)23-16(20(26)27)13-29-21(23)8-10-22(11-9-21)19(25)17-7-4-12-28-17/h2-7,12,16H,8-11,13H2,1H3,(H,26,27)/t16-/m0/s1. The average molecular weight is 398 g/mol. The molecule has 0 unspecified atom stereocenters. The molecule has 8 heteroatoms. The number of hydrogen-bond donors (Lipinski definition) is 1. The molecule has 1 aromatic carbocycles. The number of aliphatic carboxylic acids is 1. The molecule has 0 saturated carbocycles. The third-order valence-corrected chi connectivity index (χ3v) is 5.70. The van der Waals surface area contributed by atoms with Crippen LogP contribution in [0.15, 0.2) is 47.1 Å². The highest BCUT2D eigenvalue weighted by Crippen LogP contribution is 2.39. The smallest absolute Gasteiger partial charge is 0.328 e. The number of ether oxygens (including phenoxy) is 1. The Bertz CT molecular complexity index is 930. The number of benzene rings is 1. The SMILES string of the molecule is Cc1ccccc1C(=O)N1[C@H](C(=O)O)COC12CCN(C(=O)c1ccco1)CC2. The van der Waals surface area contributed by atoms with Gasteiger partial charge in [-0.25, -0.2) is 4.79 Å². The molecule has 2 aliphatic rings. The summed E-state index contributed by atoms with van der Waals surface area (Å²) >= 11 is 0. The molecule has 2 aromatic rings. The first kappa shape index (κ1) is 19.2. The molecule has 1 N–H and O–H groups in total. The summed E-state index contributed by atoms with van der Waals surface area (Å²) < 4.78 is 11.1. The molecule has 8 nitrogen and oxygen atoms in total. The van der Waals surface area contributed by atoms with Gasteiger partial charge < -0.3 is 19.2 Å². The van der Waals surface area contributed by atoms with Crippen LogP contribution in [0.2, 0.25) is 0 Å². The molecule has 2 amide bonds. The molecule has 3 heterocycles. The average Bonchev–Trinajstić information content (AvgIpc) is 3.37. The second-order valence-electron chi connectivity index (χ2n) is 7.37. The quantitative estimate of drug-likeness (QED) is 0.850. The largest absolute Gasteiger partial charge is 0.480 e. The predicted octanol–water partition coefficient (Wildman–Crippen LogP) is 2.15. The van der Waals surface area contributed by atoms with E-state index < -0.39 is 17.7 Å². The zero-order valence-electron chi connectivity index (χ0n) is 16.0. The van der Waals surface area contributed by atoms with E-state index >= 15 is 0 Å². The molecular weight excluding hydrogens is 376 g/mol. The molecule has 4 rings (SSSR count). The zero-order valence-corrected chi connectivity index (χ0v) is 16.0. The van der Waals surface area contributed by atoms with Gasteiger partial charge in [-0.2, -0.15) is 0 Å². The summed E-state index contributed by atoms with van der Waals surface area (Å²) in [7, 11) is 0. The van der Waals surface area contributed by atoms with Crippen LogP contribution in [-0.2, 0) is 9.53 Å². The Balaban J connectivity index is 1.59. The zero-order chi connectivity index (χ0) is 20.6. The highest BCUT2D eigenvalue weighted by Gasteiger charge is 2.54. The van der Waals surface area contributed by atoms with E-state index in [1.54, 1.807) is 29.2 Å². The van der Waals surface area contributed by atoms with Gasteiger partial charge >= 0.3 is 5.97 Å². The van der Waals surface area contributed by atoms with Crippen LogP contribution in [-0.4, -0.2) is 64.2 Å². The highest BCUT2D eigenvalue weighted by atomic mass is 16.5. The molecule has 0 bridgehead atoms. The van der Waals surface area contributed by atoms with Gasteiger partial charge in [-0.1, -0.05) is 18.2 Å². The van der Waals surface area contributed by atoms with Crippen LogP contribution in [0.4, 0.5) is 0 Å². The number of aryl methyl sites for hydroxylation is 1. The molecule has 1 atom stereocenters. The van der Waals surface area contributed by atoms with Crippen molar-refractivity contribution in [1.82, 2.24) is 9.80 Å². The first-order valence-electron chi connectivity index (χ1n) is 9.52. The number of carbonyl (C=O) groups is 3. The Hall–Kier alpha value is -3.13. The number of piperidine rings is 1. The van der Waals surface area contributed by atoms with Crippen molar-refractivity contribution in [3.05, 3.63) is 59.5 Å². The maximum absolute atomic E-state index is 13.3. The lowest BCUT2D eigenvalue weighted by atomic mass is 9.96. The Morgan fingerprint density at radius 1 is 1.07 bits per heavy atom. The number of carboxylic acid groups (broad SMARTS) is 1. The summed E-state index contributed by atoms with van der Waals surface area (Å²) in [5, 5.41) is 9.68. The van der Waals surface area contributed by atoms with Crippen molar-refractivity contribution >= 4 is 17.8 Å². The molecule has 2 aliphatic heterocycles. The maximum Gasteiger partial charge on any atom is 0.328 e. The normalized spacial score (nSPS) is 20.8. The van der Waals surface area contributed by atoms with Crippen molar-refractivity contribution in [3.8, 4) is 0 Å². The monoisotopic (exact) mass is 398 g/mol. The van der Waals surface area contributed by atoms with Crippen LogP contribution in [0.25, 0.3) is 0 Å². The van der Waals surface area contributed by atoms with Gasteiger partial charge in [-0.05, 0) is 30.7 Å². The third kappa shape index (κ3) is 3.29. The van der Waals surface area contributed by atoms with Crippen LogP contribution in [0.1, 0.15) is 39.3 Å². The molecule has 152 valence electrons. The minimum absolute atomic E-state index is 0.0704. The van der Waals surface area contributed by atoms with Gasteiger partial charge in [-0.3, -0.25) is 14.5 Å². The van der Waals surface area contributed by atoms with Crippen molar-refractivity contribution in [2.75, 3.05) is 19.7 Å². The van der Waals surface area contributed by atoms with Crippen LogP contribution in [0.3, 0.4) is 0 Å². The first-order chi connectivity index (χ1) is 13.9. The van der Waals surface area contributed by atoms with Gasteiger partial charge in [0.15, 0.2) is 11.8 Å². The lowest BCUT2D eigenvalue weighted by Gasteiger charge is -2.44. The van der Waals surface area contributed by atoms with Crippen LogP contribution < -0.4 is 0 Å². The molecule has 1 spiro atoms. The van der Waals surface area contributed by atoms with Crippen molar-refractivity contribution in [1.29, 1.82) is 0 Å². The van der Waals surface area contributed by atoms with Crippen LogP contribution >= 0.6 is 0 Å². The number of carboxylic acids is 1. The summed E-state index contributed by atoms with van der Waals surface area (Å²) in [6.07, 6.45) is 2.11. The van der Waals surface area contributed by atoms with Gasteiger partial charge in [0.05, 0.1) is 12.9 Å². The fraction of sp³-hybridized carbons (Fsp3) is 0.381. The van der Waals surface area contributed by atoms with E-state index in [-0.39, 0.29) is 24.2 Å². The van der Waals surface area contributed by atoms with Crippen molar-refractivity contribution in [2.45, 2.75) is 31.5 Å². The predicted molar refractivity (Wildman–Crippen MR) is 101 cm³/mol. The molecule has 29 heavy (non-hydrogen) atoms.